The van der Waals surface area contributed by atoms with E-state index in [-0.39, 0.29) is 12.1 Å². The largest absolute Gasteiger partial charge is 0.361 e. The van der Waals surface area contributed by atoms with Gasteiger partial charge in [-0.2, -0.15) is 0 Å². The van der Waals surface area contributed by atoms with Crippen molar-refractivity contribution in [3.8, 4) is 0 Å². The summed E-state index contributed by atoms with van der Waals surface area (Å²) >= 11 is 0. The fraction of sp³-hybridized carbons (Fsp3) is 0.438. The van der Waals surface area contributed by atoms with Crippen LogP contribution in [0.4, 0.5) is 20.4 Å². The molecule has 0 atom stereocenters. The van der Waals surface area contributed by atoms with Gasteiger partial charge in [-0.1, -0.05) is 0 Å². The van der Waals surface area contributed by atoms with Crippen molar-refractivity contribution in [2.75, 3.05) is 50.1 Å². The second-order valence-corrected chi connectivity index (χ2v) is 5.99. The van der Waals surface area contributed by atoms with Crippen LogP contribution in [0.5, 0.6) is 0 Å². The van der Waals surface area contributed by atoms with Crippen LogP contribution in [-0.2, 0) is 6.54 Å². The number of halogens is 2. The molecule has 1 saturated heterocycles. The van der Waals surface area contributed by atoms with Gasteiger partial charge in [0.05, 0.1) is 12.4 Å². The fourth-order valence-corrected chi connectivity index (χ4v) is 2.67. The van der Waals surface area contributed by atoms with Gasteiger partial charge < -0.3 is 9.80 Å². The van der Waals surface area contributed by atoms with Gasteiger partial charge in [-0.05, 0) is 12.1 Å². The molecule has 1 aliphatic heterocycles. The molecule has 0 unspecified atom stereocenters. The Bertz CT molecular complexity index is 663. The summed E-state index contributed by atoms with van der Waals surface area (Å²) in [6.07, 6.45) is 2.10. The van der Waals surface area contributed by atoms with Crippen LogP contribution in [0.1, 0.15) is 5.56 Å². The highest BCUT2D eigenvalue weighted by atomic mass is 19.1. The smallest absolute Gasteiger partial charge is 0.151 e. The summed E-state index contributed by atoms with van der Waals surface area (Å²) < 4.78 is 27.4. The van der Waals surface area contributed by atoms with E-state index < -0.39 is 11.6 Å². The maximum absolute atomic E-state index is 13.7. The third-order valence-electron chi connectivity index (χ3n) is 4.12. The molecular formula is C16H20F2N6. The summed E-state index contributed by atoms with van der Waals surface area (Å²) in [7, 11) is 3.83. The zero-order valence-electron chi connectivity index (χ0n) is 13.8. The Morgan fingerprint density at radius 2 is 1.67 bits per heavy atom. The molecule has 0 N–H and O–H groups in total. The van der Waals surface area contributed by atoms with Crippen molar-refractivity contribution < 1.29 is 8.78 Å². The summed E-state index contributed by atoms with van der Waals surface area (Å²) in [6, 6.07) is 3.87. The van der Waals surface area contributed by atoms with Crippen molar-refractivity contribution in [2.45, 2.75) is 6.54 Å². The second kappa shape index (κ2) is 7.04. The number of piperazine rings is 1. The highest BCUT2D eigenvalue weighted by Gasteiger charge is 2.21. The number of nitrogens with zero attached hydrogens (tertiary/aromatic N) is 6. The lowest BCUT2D eigenvalue weighted by molar-refractivity contribution is 0.242. The summed E-state index contributed by atoms with van der Waals surface area (Å²) in [4.78, 5) is 9.56. The second-order valence-electron chi connectivity index (χ2n) is 5.99. The van der Waals surface area contributed by atoms with E-state index in [1.807, 2.05) is 36.0 Å². The molecule has 128 valence electrons. The predicted octanol–water partition coefficient (Wildman–Crippen LogP) is 1.54. The number of anilines is 2. The molecule has 1 aliphatic rings. The van der Waals surface area contributed by atoms with Crippen LogP contribution < -0.4 is 9.80 Å². The van der Waals surface area contributed by atoms with Gasteiger partial charge in [-0.25, -0.2) is 8.78 Å². The summed E-state index contributed by atoms with van der Waals surface area (Å²) in [5.74, 6) is 0.438. The molecule has 0 aliphatic carbocycles. The molecule has 0 radical (unpaired) electrons. The standard InChI is InChI=1S/C16H20F2N6/c1-22(2)15-3-4-16(21-20-15)24-7-5-23(6-8-24)11-12-13(17)9-19-10-14(12)18/h3-4,9-10H,5-8,11H2,1-2H3. The Balaban J connectivity index is 1.59. The zero-order valence-corrected chi connectivity index (χ0v) is 13.8. The summed E-state index contributed by atoms with van der Waals surface area (Å²) in [5.41, 5.74) is 0.0774. The Morgan fingerprint density at radius 1 is 1.00 bits per heavy atom. The normalized spacial score (nSPS) is 15.6. The van der Waals surface area contributed by atoms with Gasteiger partial charge in [0.15, 0.2) is 11.6 Å². The molecule has 1 fully saturated rings. The minimum absolute atomic E-state index is 0.0774. The molecule has 3 heterocycles. The van der Waals surface area contributed by atoms with Crippen molar-refractivity contribution in [3.63, 3.8) is 0 Å². The van der Waals surface area contributed by atoms with E-state index in [0.717, 1.165) is 37.1 Å². The minimum Gasteiger partial charge on any atom is -0.361 e. The van der Waals surface area contributed by atoms with Gasteiger partial charge >= 0.3 is 0 Å². The van der Waals surface area contributed by atoms with Crippen molar-refractivity contribution in [1.82, 2.24) is 20.1 Å². The number of hydrogen-bond acceptors (Lipinski definition) is 6. The molecule has 6 nitrogen and oxygen atoms in total. The topological polar surface area (TPSA) is 48.4 Å². The number of hydrogen-bond donors (Lipinski definition) is 0. The van der Waals surface area contributed by atoms with Gasteiger partial charge in [-0.15, -0.1) is 10.2 Å². The predicted molar refractivity (Wildman–Crippen MR) is 88.0 cm³/mol. The van der Waals surface area contributed by atoms with Crippen molar-refractivity contribution in [3.05, 3.63) is 41.7 Å². The van der Waals surface area contributed by atoms with Crippen LogP contribution in [0.3, 0.4) is 0 Å². The van der Waals surface area contributed by atoms with E-state index in [0.29, 0.717) is 13.1 Å². The zero-order chi connectivity index (χ0) is 17.1. The molecule has 0 aromatic carbocycles. The molecular weight excluding hydrogens is 314 g/mol. The third kappa shape index (κ3) is 3.59. The number of aromatic nitrogens is 3. The first kappa shape index (κ1) is 16.5. The van der Waals surface area contributed by atoms with Crippen molar-refractivity contribution in [1.29, 1.82) is 0 Å². The van der Waals surface area contributed by atoms with Gasteiger partial charge in [0.2, 0.25) is 0 Å². The Hall–Kier alpha value is -2.35. The molecule has 0 saturated carbocycles. The first-order valence-corrected chi connectivity index (χ1v) is 7.81. The molecule has 8 heteroatoms. The minimum atomic E-state index is -0.595. The average Bonchev–Trinajstić information content (AvgIpc) is 2.59. The van der Waals surface area contributed by atoms with Crippen LogP contribution >= 0.6 is 0 Å². The number of rotatable bonds is 4. The van der Waals surface area contributed by atoms with Gasteiger partial charge in [0.1, 0.15) is 11.6 Å². The Labute approximate surface area is 139 Å². The quantitative estimate of drug-likeness (QED) is 0.845. The van der Waals surface area contributed by atoms with Crippen LogP contribution in [0, 0.1) is 11.6 Å². The van der Waals surface area contributed by atoms with E-state index in [1.54, 1.807) is 0 Å². The molecule has 0 bridgehead atoms. The number of pyridine rings is 1. The molecule has 2 aromatic heterocycles. The van der Waals surface area contributed by atoms with E-state index in [1.165, 1.54) is 0 Å². The van der Waals surface area contributed by atoms with E-state index in [2.05, 4.69) is 20.1 Å². The van der Waals surface area contributed by atoms with E-state index in [9.17, 15) is 8.78 Å². The monoisotopic (exact) mass is 334 g/mol. The van der Waals surface area contributed by atoms with Gasteiger partial charge in [-0.3, -0.25) is 9.88 Å². The maximum atomic E-state index is 13.7. The first-order valence-electron chi connectivity index (χ1n) is 7.81. The lowest BCUT2D eigenvalue weighted by atomic mass is 10.2. The van der Waals surface area contributed by atoms with Crippen LogP contribution in [0.15, 0.2) is 24.5 Å². The highest BCUT2D eigenvalue weighted by Crippen LogP contribution is 2.18. The lowest BCUT2D eigenvalue weighted by Gasteiger charge is -2.35. The summed E-state index contributed by atoms with van der Waals surface area (Å²) in [5, 5.41) is 8.43. The van der Waals surface area contributed by atoms with E-state index >= 15 is 0 Å². The third-order valence-corrected chi connectivity index (χ3v) is 4.12. The van der Waals surface area contributed by atoms with Gasteiger partial charge in [0, 0.05) is 52.4 Å². The van der Waals surface area contributed by atoms with Crippen molar-refractivity contribution in [2.24, 2.45) is 0 Å². The van der Waals surface area contributed by atoms with Crippen molar-refractivity contribution >= 4 is 11.6 Å². The first-order chi connectivity index (χ1) is 11.5. The van der Waals surface area contributed by atoms with E-state index in [4.69, 9.17) is 0 Å². The molecule has 0 amide bonds. The van der Waals surface area contributed by atoms with Crippen LogP contribution in [0.2, 0.25) is 0 Å². The molecule has 0 spiro atoms. The lowest BCUT2D eigenvalue weighted by Crippen LogP contribution is -2.46. The Kier molecular flexibility index (Phi) is 4.84. The Morgan fingerprint density at radius 3 is 2.21 bits per heavy atom. The van der Waals surface area contributed by atoms with Crippen LogP contribution in [-0.4, -0.2) is 60.4 Å². The highest BCUT2D eigenvalue weighted by molar-refractivity contribution is 5.44. The SMILES string of the molecule is CN(C)c1ccc(N2CCN(Cc3c(F)cncc3F)CC2)nn1. The maximum Gasteiger partial charge on any atom is 0.151 e. The summed E-state index contributed by atoms with van der Waals surface area (Å²) in [6.45, 7) is 3.14. The molecule has 3 rings (SSSR count). The molecule has 24 heavy (non-hydrogen) atoms. The average molecular weight is 334 g/mol. The van der Waals surface area contributed by atoms with Gasteiger partial charge in [0.25, 0.3) is 0 Å². The molecule has 2 aromatic rings. The fourth-order valence-electron chi connectivity index (χ4n) is 2.67. The van der Waals surface area contributed by atoms with Crippen LogP contribution in [0.25, 0.3) is 0 Å².